The molecule has 2 rings (SSSR count). The van der Waals surface area contributed by atoms with Crippen LogP contribution in [0.1, 0.15) is 63.6 Å². The topological polar surface area (TPSA) is 71.4 Å². The summed E-state index contributed by atoms with van der Waals surface area (Å²) in [6.07, 6.45) is 11.2. The molecule has 0 bridgehead atoms. The van der Waals surface area contributed by atoms with Gasteiger partial charge in [0, 0.05) is 24.1 Å². The maximum absolute atomic E-state index is 12.6. The van der Waals surface area contributed by atoms with Crippen molar-refractivity contribution in [3.8, 4) is 5.75 Å². The first-order valence-corrected chi connectivity index (χ1v) is 11.7. The molecule has 1 aliphatic rings. The molecule has 33 heavy (non-hydrogen) atoms. The second kappa shape index (κ2) is 12.9. The number of phenolic OH excluding ortho intramolecular Hbond substituents is 1. The van der Waals surface area contributed by atoms with Crippen LogP contribution in [0.5, 0.6) is 5.75 Å². The van der Waals surface area contributed by atoms with Gasteiger partial charge in [-0.3, -0.25) is 4.79 Å². The van der Waals surface area contributed by atoms with Crippen molar-refractivity contribution in [2.24, 2.45) is 5.16 Å². The summed E-state index contributed by atoms with van der Waals surface area (Å²) in [5.41, 5.74) is 3.23. The van der Waals surface area contributed by atoms with E-state index in [0.717, 1.165) is 36.0 Å². The van der Waals surface area contributed by atoms with Crippen LogP contribution in [0.4, 0.5) is 0 Å². The summed E-state index contributed by atoms with van der Waals surface area (Å²) in [4.78, 5) is 19.9. The van der Waals surface area contributed by atoms with Crippen molar-refractivity contribution in [2.75, 3.05) is 13.2 Å². The molecule has 6 nitrogen and oxygen atoms in total. The highest BCUT2D eigenvalue weighted by atomic mass is 16.6. The highest BCUT2D eigenvalue weighted by Crippen LogP contribution is 2.28. The van der Waals surface area contributed by atoms with E-state index in [1.807, 2.05) is 40.7 Å². The number of carbonyl (C=O) groups is 1. The molecule has 0 saturated carbocycles. The lowest BCUT2D eigenvalue weighted by molar-refractivity contribution is -0.139. The van der Waals surface area contributed by atoms with Crippen LogP contribution in [-0.4, -0.2) is 46.9 Å². The molecule has 1 aromatic carbocycles. The summed E-state index contributed by atoms with van der Waals surface area (Å²) >= 11 is 0. The Balaban J connectivity index is 2.31. The van der Waals surface area contributed by atoms with Crippen molar-refractivity contribution >= 4 is 17.4 Å². The van der Waals surface area contributed by atoms with Crippen LogP contribution in [0.25, 0.3) is 5.76 Å². The molecule has 0 spiro atoms. The fourth-order valence-electron chi connectivity index (χ4n) is 4.08. The second-order valence-corrected chi connectivity index (χ2v) is 8.83. The number of aromatic hydroxyl groups is 1. The quantitative estimate of drug-likeness (QED) is 0.468. The molecule has 0 fully saturated rings. The lowest BCUT2D eigenvalue weighted by Gasteiger charge is -2.30. The molecule has 6 heteroatoms. The number of benzene rings is 1. The van der Waals surface area contributed by atoms with Crippen LogP contribution in [0, 0.1) is 6.92 Å². The summed E-state index contributed by atoms with van der Waals surface area (Å²) < 4.78 is 5.89. The number of amides is 1. The minimum atomic E-state index is -0.127. The lowest BCUT2D eigenvalue weighted by atomic mass is 9.95. The molecule has 1 heterocycles. The molecule has 1 aromatic rings. The van der Waals surface area contributed by atoms with E-state index in [9.17, 15) is 9.90 Å². The zero-order chi connectivity index (χ0) is 24.4. The number of allylic oxidation sites excluding steroid dienone is 3. The second-order valence-electron chi connectivity index (χ2n) is 8.83. The molecule has 1 amide bonds. The van der Waals surface area contributed by atoms with Crippen LogP contribution in [0.2, 0.25) is 0 Å². The van der Waals surface area contributed by atoms with Gasteiger partial charge >= 0.3 is 0 Å². The lowest BCUT2D eigenvalue weighted by Crippen LogP contribution is -2.43. The fraction of sp³-hybridized carbons (Fsp3) is 0.481. The van der Waals surface area contributed by atoms with Gasteiger partial charge in [-0.1, -0.05) is 30.0 Å². The van der Waals surface area contributed by atoms with E-state index in [0.29, 0.717) is 24.5 Å². The van der Waals surface area contributed by atoms with E-state index < -0.39 is 0 Å². The maximum Gasteiger partial charge on any atom is 0.263 e. The minimum Gasteiger partial charge on any atom is -0.508 e. The number of oxime groups is 1. The normalized spacial score (nSPS) is 18.4. The van der Waals surface area contributed by atoms with Crippen molar-refractivity contribution in [3.63, 3.8) is 0 Å². The van der Waals surface area contributed by atoms with Gasteiger partial charge in [-0.2, -0.15) is 0 Å². The first-order valence-electron chi connectivity index (χ1n) is 11.7. The third-order valence-corrected chi connectivity index (χ3v) is 5.36. The van der Waals surface area contributed by atoms with Crippen molar-refractivity contribution in [1.82, 2.24) is 4.90 Å². The average Bonchev–Trinajstić information content (AvgIpc) is 2.70. The molecule has 0 atom stereocenters. The number of ether oxygens (including phenoxy) is 1. The Labute approximate surface area is 198 Å². The zero-order valence-corrected chi connectivity index (χ0v) is 20.6. The van der Waals surface area contributed by atoms with Gasteiger partial charge in [-0.05, 0) is 83.2 Å². The number of aryl methyl sites for hydroxylation is 1. The van der Waals surface area contributed by atoms with Gasteiger partial charge in [0.15, 0.2) is 6.61 Å². The molecule has 1 N–H and O–H groups in total. The molecule has 0 aliphatic carbocycles. The number of rotatable bonds is 5. The van der Waals surface area contributed by atoms with Crippen molar-refractivity contribution in [2.45, 2.75) is 72.4 Å². The number of hydrogen-bond acceptors (Lipinski definition) is 5. The number of phenols is 1. The van der Waals surface area contributed by atoms with Gasteiger partial charge < -0.3 is 19.6 Å². The Kier molecular flexibility index (Phi) is 10.2. The SMILES string of the molecule is C=C1OCC/C=C/CC/C=C/C(=N/OCC(=O)N(C(C)C)C(C)C)Cc2cc(O)cc(C)c21. The smallest absolute Gasteiger partial charge is 0.263 e. The van der Waals surface area contributed by atoms with Crippen LogP contribution in [0.3, 0.4) is 0 Å². The van der Waals surface area contributed by atoms with Crippen LogP contribution in [0.15, 0.2) is 48.2 Å². The monoisotopic (exact) mass is 454 g/mol. The highest BCUT2D eigenvalue weighted by Gasteiger charge is 2.20. The number of hydrogen-bond donors (Lipinski definition) is 1. The number of nitrogens with zero attached hydrogens (tertiary/aromatic N) is 2. The Morgan fingerprint density at radius 1 is 1.15 bits per heavy atom. The Hall–Kier alpha value is -3.02. The molecule has 180 valence electrons. The largest absolute Gasteiger partial charge is 0.508 e. The molecule has 0 unspecified atom stereocenters. The van der Waals surface area contributed by atoms with Crippen LogP contribution in [-0.2, 0) is 20.8 Å². The van der Waals surface area contributed by atoms with E-state index in [-0.39, 0.29) is 30.3 Å². The van der Waals surface area contributed by atoms with E-state index in [4.69, 9.17) is 9.57 Å². The third kappa shape index (κ3) is 8.12. The number of fused-ring (bicyclic) bond motifs is 1. The van der Waals surface area contributed by atoms with Gasteiger partial charge in [0.2, 0.25) is 0 Å². The summed E-state index contributed by atoms with van der Waals surface area (Å²) in [6.45, 7) is 14.4. The Morgan fingerprint density at radius 3 is 2.52 bits per heavy atom. The van der Waals surface area contributed by atoms with Gasteiger partial charge in [0.05, 0.1) is 12.3 Å². The average molecular weight is 455 g/mol. The van der Waals surface area contributed by atoms with E-state index in [1.54, 1.807) is 17.0 Å². The Bertz CT molecular complexity index is 905. The first-order chi connectivity index (χ1) is 15.7. The Morgan fingerprint density at radius 2 is 1.82 bits per heavy atom. The third-order valence-electron chi connectivity index (χ3n) is 5.36. The van der Waals surface area contributed by atoms with Crippen molar-refractivity contribution in [1.29, 1.82) is 0 Å². The van der Waals surface area contributed by atoms with Gasteiger partial charge in [-0.25, -0.2) is 0 Å². The highest BCUT2D eigenvalue weighted by molar-refractivity contribution is 5.97. The minimum absolute atomic E-state index is 0.0832. The van der Waals surface area contributed by atoms with Gasteiger partial charge in [0.1, 0.15) is 11.5 Å². The van der Waals surface area contributed by atoms with E-state index in [2.05, 4.69) is 30.0 Å². The molecular formula is C27H38N2O4. The fourth-order valence-corrected chi connectivity index (χ4v) is 4.08. The standard InChI is InChI=1S/C27H38N2O4/c1-19(2)29(20(3)4)26(31)18-33-28-24-13-11-9-7-8-10-12-14-32-22(6)27-21(5)15-25(30)17-23(27)16-24/h8,10-11,13,15,17,19-20,30H,6-7,9,12,14,16,18H2,1-5H3/b10-8+,13-11+,28-24-. The molecule has 1 aliphatic heterocycles. The first kappa shape index (κ1) is 26.2. The van der Waals surface area contributed by atoms with Crippen LogP contribution < -0.4 is 0 Å². The molecule has 0 saturated heterocycles. The van der Waals surface area contributed by atoms with E-state index >= 15 is 0 Å². The maximum atomic E-state index is 12.6. The van der Waals surface area contributed by atoms with E-state index in [1.165, 1.54) is 0 Å². The molecule has 0 radical (unpaired) electrons. The van der Waals surface area contributed by atoms with Crippen LogP contribution >= 0.6 is 0 Å². The van der Waals surface area contributed by atoms with Crippen molar-refractivity contribution in [3.05, 3.63) is 59.7 Å². The summed E-state index contributed by atoms with van der Waals surface area (Å²) in [5.74, 6) is 0.638. The predicted octanol–water partition coefficient (Wildman–Crippen LogP) is 5.54. The molecular weight excluding hydrogens is 416 g/mol. The number of carbonyl (C=O) groups excluding carboxylic acids is 1. The summed E-state index contributed by atoms with van der Waals surface area (Å²) in [7, 11) is 0. The van der Waals surface area contributed by atoms with Crippen molar-refractivity contribution < 1.29 is 19.5 Å². The zero-order valence-electron chi connectivity index (χ0n) is 20.6. The summed E-state index contributed by atoms with van der Waals surface area (Å²) in [5, 5.41) is 14.5. The summed E-state index contributed by atoms with van der Waals surface area (Å²) in [6, 6.07) is 3.57. The van der Waals surface area contributed by atoms with Gasteiger partial charge in [-0.15, -0.1) is 0 Å². The van der Waals surface area contributed by atoms with Gasteiger partial charge in [0.25, 0.3) is 5.91 Å². The molecule has 0 aromatic heterocycles. The predicted molar refractivity (Wildman–Crippen MR) is 134 cm³/mol.